The van der Waals surface area contributed by atoms with Gasteiger partial charge in [0.25, 0.3) is 0 Å². The fraction of sp³-hybridized carbons (Fsp3) is 0.632. The first-order valence-corrected chi connectivity index (χ1v) is 9.33. The molecule has 2 unspecified atom stereocenters. The molecule has 1 aromatic carbocycles. The van der Waals surface area contributed by atoms with Crippen LogP contribution in [0.1, 0.15) is 31.9 Å². The number of benzene rings is 1. The molecule has 1 aliphatic rings. The largest absolute Gasteiger partial charge is 0.416 e. The van der Waals surface area contributed by atoms with Gasteiger partial charge in [-0.3, -0.25) is 4.90 Å². The summed E-state index contributed by atoms with van der Waals surface area (Å²) in [6.45, 7) is 10.4. The van der Waals surface area contributed by atoms with Crippen molar-refractivity contribution in [1.82, 2.24) is 15.5 Å². The Morgan fingerprint density at radius 1 is 1.30 bits per heavy atom. The summed E-state index contributed by atoms with van der Waals surface area (Å²) in [5.41, 5.74) is 0.0868. The molecule has 2 N–H and O–H groups in total. The van der Waals surface area contributed by atoms with Crippen molar-refractivity contribution >= 4 is 5.96 Å². The van der Waals surface area contributed by atoms with Crippen LogP contribution in [0.5, 0.6) is 0 Å². The molecule has 5 nitrogen and oxygen atoms in total. The molecule has 0 aromatic heterocycles. The first-order valence-electron chi connectivity index (χ1n) is 9.33. The zero-order valence-electron chi connectivity index (χ0n) is 16.1. The molecular formula is C19H29F3N4O. The lowest BCUT2D eigenvalue weighted by molar-refractivity contribution is -0.137. The normalized spacial score (nSPS) is 20.4. The van der Waals surface area contributed by atoms with Crippen molar-refractivity contribution in [2.75, 3.05) is 32.8 Å². The smallest absolute Gasteiger partial charge is 0.379 e. The van der Waals surface area contributed by atoms with Crippen LogP contribution in [-0.2, 0) is 17.5 Å². The summed E-state index contributed by atoms with van der Waals surface area (Å²) in [6, 6.07) is 5.81. The van der Waals surface area contributed by atoms with E-state index in [0.29, 0.717) is 31.1 Å². The lowest BCUT2D eigenvalue weighted by Gasteiger charge is -2.38. The van der Waals surface area contributed by atoms with E-state index in [2.05, 4.69) is 34.4 Å². The molecule has 0 saturated carbocycles. The second-order valence-electron chi connectivity index (χ2n) is 6.78. The van der Waals surface area contributed by atoms with Crippen LogP contribution in [0.4, 0.5) is 13.2 Å². The van der Waals surface area contributed by atoms with Gasteiger partial charge in [0.1, 0.15) is 0 Å². The van der Waals surface area contributed by atoms with Crippen molar-refractivity contribution in [2.24, 2.45) is 4.99 Å². The van der Waals surface area contributed by atoms with Gasteiger partial charge in [0.15, 0.2) is 5.96 Å². The maximum atomic E-state index is 12.6. The van der Waals surface area contributed by atoms with Gasteiger partial charge in [0.2, 0.25) is 0 Å². The van der Waals surface area contributed by atoms with Gasteiger partial charge in [0, 0.05) is 31.7 Å². The summed E-state index contributed by atoms with van der Waals surface area (Å²) in [4.78, 5) is 6.88. The van der Waals surface area contributed by atoms with Crippen LogP contribution in [0.3, 0.4) is 0 Å². The number of hydrogen-bond donors (Lipinski definition) is 2. The van der Waals surface area contributed by atoms with Gasteiger partial charge in [-0.2, -0.15) is 13.2 Å². The fourth-order valence-corrected chi connectivity index (χ4v) is 3.07. The van der Waals surface area contributed by atoms with Crippen molar-refractivity contribution in [2.45, 2.75) is 45.6 Å². The first-order chi connectivity index (χ1) is 12.8. The highest BCUT2D eigenvalue weighted by Gasteiger charge is 2.29. The SMILES string of the molecule is CCNC(=NCc1ccc(C(F)(F)F)cc1)NCC(C)N1CCOCC1C. The number of ether oxygens (including phenoxy) is 1. The summed E-state index contributed by atoms with van der Waals surface area (Å²) in [7, 11) is 0. The van der Waals surface area contributed by atoms with E-state index in [9.17, 15) is 13.2 Å². The third-order valence-electron chi connectivity index (χ3n) is 4.60. The predicted octanol–water partition coefficient (Wildman–Crippen LogP) is 2.87. The number of rotatable bonds is 6. The molecule has 0 bridgehead atoms. The minimum absolute atomic E-state index is 0.315. The molecule has 152 valence electrons. The summed E-state index contributed by atoms with van der Waals surface area (Å²) < 4.78 is 43.4. The highest BCUT2D eigenvalue weighted by Crippen LogP contribution is 2.29. The molecule has 1 saturated heterocycles. The molecule has 0 aliphatic carbocycles. The topological polar surface area (TPSA) is 48.9 Å². The number of nitrogens with one attached hydrogen (secondary N) is 2. The molecule has 0 radical (unpaired) electrons. The van der Waals surface area contributed by atoms with E-state index in [1.807, 2.05) is 6.92 Å². The average molecular weight is 386 g/mol. The van der Waals surface area contributed by atoms with Gasteiger partial charge in [-0.15, -0.1) is 0 Å². The number of guanidine groups is 1. The standard InChI is InChI=1S/C19H29F3N4O/c1-4-23-18(24-11-14(2)26-9-10-27-13-15(26)3)25-12-16-5-7-17(8-6-16)19(20,21)22/h5-8,14-15H,4,9-13H2,1-3H3,(H2,23,24,25). The fourth-order valence-electron chi connectivity index (χ4n) is 3.07. The highest BCUT2D eigenvalue weighted by atomic mass is 19.4. The Balaban J connectivity index is 1.91. The molecule has 1 heterocycles. The first kappa shape index (κ1) is 21.5. The van der Waals surface area contributed by atoms with Gasteiger partial charge in [-0.25, -0.2) is 4.99 Å². The zero-order chi connectivity index (χ0) is 19.9. The zero-order valence-corrected chi connectivity index (χ0v) is 16.1. The van der Waals surface area contributed by atoms with Gasteiger partial charge in [0.05, 0.1) is 25.3 Å². The quantitative estimate of drug-likeness (QED) is 0.583. The molecule has 1 fully saturated rings. The summed E-state index contributed by atoms with van der Waals surface area (Å²) >= 11 is 0. The minimum Gasteiger partial charge on any atom is -0.379 e. The predicted molar refractivity (Wildman–Crippen MR) is 101 cm³/mol. The lowest BCUT2D eigenvalue weighted by atomic mass is 10.1. The highest BCUT2D eigenvalue weighted by molar-refractivity contribution is 5.79. The Kier molecular flexibility index (Phi) is 7.91. The van der Waals surface area contributed by atoms with Crippen molar-refractivity contribution in [1.29, 1.82) is 0 Å². The van der Waals surface area contributed by atoms with Gasteiger partial charge >= 0.3 is 6.18 Å². The van der Waals surface area contributed by atoms with E-state index < -0.39 is 11.7 Å². The van der Waals surface area contributed by atoms with Crippen LogP contribution >= 0.6 is 0 Å². The molecule has 0 amide bonds. The maximum Gasteiger partial charge on any atom is 0.416 e. The van der Waals surface area contributed by atoms with Crippen molar-refractivity contribution in [3.05, 3.63) is 35.4 Å². The van der Waals surface area contributed by atoms with Crippen molar-refractivity contribution in [3.8, 4) is 0 Å². The Labute approximate surface area is 159 Å². The number of nitrogens with zero attached hydrogens (tertiary/aromatic N) is 2. The van der Waals surface area contributed by atoms with E-state index in [1.54, 1.807) is 0 Å². The van der Waals surface area contributed by atoms with Gasteiger partial charge in [-0.1, -0.05) is 12.1 Å². The molecule has 1 aromatic rings. The third-order valence-corrected chi connectivity index (χ3v) is 4.60. The van der Waals surface area contributed by atoms with Crippen LogP contribution in [0, 0.1) is 0 Å². The summed E-state index contributed by atoms with van der Waals surface area (Å²) in [5, 5.41) is 6.49. The number of halogens is 3. The minimum atomic E-state index is -4.31. The van der Waals surface area contributed by atoms with Crippen LogP contribution < -0.4 is 10.6 Å². The monoisotopic (exact) mass is 386 g/mol. The molecule has 2 atom stereocenters. The van der Waals surface area contributed by atoms with Crippen LogP contribution in [0.2, 0.25) is 0 Å². The van der Waals surface area contributed by atoms with Crippen LogP contribution in [0.15, 0.2) is 29.3 Å². The van der Waals surface area contributed by atoms with Crippen molar-refractivity contribution in [3.63, 3.8) is 0 Å². The van der Waals surface area contributed by atoms with Gasteiger partial charge < -0.3 is 15.4 Å². The van der Waals surface area contributed by atoms with E-state index in [-0.39, 0.29) is 0 Å². The number of alkyl halides is 3. The average Bonchev–Trinajstić information content (AvgIpc) is 2.63. The van der Waals surface area contributed by atoms with E-state index >= 15 is 0 Å². The number of aliphatic imine (C=N–C) groups is 1. The van der Waals surface area contributed by atoms with E-state index in [0.717, 1.165) is 44.0 Å². The molecule has 8 heteroatoms. The summed E-state index contributed by atoms with van der Waals surface area (Å²) in [5.74, 6) is 0.658. The maximum absolute atomic E-state index is 12.6. The van der Waals surface area contributed by atoms with Crippen LogP contribution in [0.25, 0.3) is 0 Å². The second-order valence-corrected chi connectivity index (χ2v) is 6.78. The Hall–Kier alpha value is -1.80. The van der Waals surface area contributed by atoms with Gasteiger partial charge in [-0.05, 0) is 38.5 Å². The van der Waals surface area contributed by atoms with E-state index in [4.69, 9.17) is 4.74 Å². The van der Waals surface area contributed by atoms with E-state index in [1.165, 1.54) is 12.1 Å². The molecule has 27 heavy (non-hydrogen) atoms. The van der Waals surface area contributed by atoms with Crippen molar-refractivity contribution < 1.29 is 17.9 Å². The molecule has 2 rings (SSSR count). The number of hydrogen-bond acceptors (Lipinski definition) is 3. The Morgan fingerprint density at radius 3 is 2.59 bits per heavy atom. The third kappa shape index (κ3) is 6.70. The Bertz CT molecular complexity index is 604. The van der Waals surface area contributed by atoms with Crippen LogP contribution in [-0.4, -0.2) is 55.8 Å². The summed E-state index contributed by atoms with van der Waals surface area (Å²) in [6.07, 6.45) is -4.31. The number of morpholine rings is 1. The Morgan fingerprint density at radius 2 is 2.00 bits per heavy atom. The molecule has 0 spiro atoms. The molecular weight excluding hydrogens is 357 g/mol. The second kappa shape index (κ2) is 9.94. The molecule has 1 aliphatic heterocycles. The lowest BCUT2D eigenvalue weighted by Crippen LogP contribution is -2.53.